The molecule has 0 unspecified atom stereocenters. The SMILES string of the molecule is CC(=O)c1cccc(/C(C)=C/S(=O)(=O)c2ccccc2)c1. The minimum Gasteiger partial charge on any atom is -0.295 e. The van der Waals surface area contributed by atoms with Crippen molar-refractivity contribution in [2.75, 3.05) is 0 Å². The maximum absolute atomic E-state index is 12.3. The van der Waals surface area contributed by atoms with Crippen LogP contribution in [0.4, 0.5) is 0 Å². The molecule has 0 N–H and O–H groups in total. The summed E-state index contributed by atoms with van der Waals surface area (Å²) in [5.41, 5.74) is 1.89. The molecule has 0 bridgehead atoms. The molecule has 0 aliphatic heterocycles. The molecule has 0 saturated heterocycles. The van der Waals surface area contributed by atoms with Gasteiger partial charge in [-0.2, -0.15) is 0 Å². The van der Waals surface area contributed by atoms with Crippen LogP contribution < -0.4 is 0 Å². The second-order valence-electron chi connectivity index (χ2n) is 4.80. The zero-order valence-electron chi connectivity index (χ0n) is 11.9. The lowest BCUT2D eigenvalue weighted by atomic mass is 10.0. The van der Waals surface area contributed by atoms with Gasteiger partial charge in [0.15, 0.2) is 15.6 Å². The molecule has 2 aromatic carbocycles. The average molecular weight is 300 g/mol. The van der Waals surface area contributed by atoms with Crippen LogP contribution in [-0.2, 0) is 9.84 Å². The molecular weight excluding hydrogens is 284 g/mol. The molecule has 0 fully saturated rings. The van der Waals surface area contributed by atoms with Crippen LogP contribution in [0.15, 0.2) is 64.9 Å². The largest absolute Gasteiger partial charge is 0.295 e. The zero-order valence-corrected chi connectivity index (χ0v) is 12.7. The summed E-state index contributed by atoms with van der Waals surface area (Å²) < 4.78 is 24.6. The van der Waals surface area contributed by atoms with E-state index in [-0.39, 0.29) is 10.7 Å². The van der Waals surface area contributed by atoms with Crippen LogP contribution in [0.1, 0.15) is 29.8 Å². The molecule has 0 amide bonds. The maximum Gasteiger partial charge on any atom is 0.200 e. The van der Waals surface area contributed by atoms with E-state index in [1.54, 1.807) is 61.5 Å². The maximum atomic E-state index is 12.3. The molecular formula is C17H16O3S. The Labute approximate surface area is 124 Å². The molecule has 0 spiro atoms. The third-order valence-corrected chi connectivity index (χ3v) is 4.72. The van der Waals surface area contributed by atoms with Crippen molar-refractivity contribution in [1.29, 1.82) is 0 Å². The standard InChI is InChI=1S/C17H16O3S/c1-13(15-7-6-8-16(11-15)14(2)18)12-21(19,20)17-9-4-3-5-10-17/h3-12H,1-2H3/b13-12+. The molecule has 0 aromatic heterocycles. The number of ketones is 1. The first-order valence-electron chi connectivity index (χ1n) is 6.50. The number of Topliss-reactive ketones (excluding diaryl/α,β-unsaturated/α-hetero) is 1. The Morgan fingerprint density at radius 3 is 2.14 bits per heavy atom. The Bertz CT molecular complexity index is 788. The first-order chi connectivity index (χ1) is 9.90. The van der Waals surface area contributed by atoms with Gasteiger partial charge in [-0.05, 0) is 43.2 Å². The number of carbonyl (C=O) groups is 1. The van der Waals surface area contributed by atoms with Gasteiger partial charge in [0, 0.05) is 11.0 Å². The number of benzene rings is 2. The molecule has 0 saturated carbocycles. The zero-order chi connectivity index (χ0) is 15.5. The number of hydrogen-bond donors (Lipinski definition) is 0. The summed E-state index contributed by atoms with van der Waals surface area (Å²) in [4.78, 5) is 11.6. The van der Waals surface area contributed by atoms with Gasteiger partial charge in [-0.15, -0.1) is 0 Å². The fraction of sp³-hybridized carbons (Fsp3) is 0.118. The molecule has 108 valence electrons. The van der Waals surface area contributed by atoms with Crippen molar-refractivity contribution in [1.82, 2.24) is 0 Å². The fourth-order valence-electron chi connectivity index (χ4n) is 1.96. The second-order valence-corrected chi connectivity index (χ2v) is 6.59. The third kappa shape index (κ3) is 3.67. The molecule has 0 heterocycles. The number of hydrogen-bond acceptors (Lipinski definition) is 3. The van der Waals surface area contributed by atoms with Crippen LogP contribution in [0.5, 0.6) is 0 Å². The Balaban J connectivity index is 2.42. The van der Waals surface area contributed by atoms with Crippen LogP contribution in [0.3, 0.4) is 0 Å². The van der Waals surface area contributed by atoms with E-state index in [4.69, 9.17) is 0 Å². The lowest BCUT2D eigenvalue weighted by molar-refractivity contribution is 0.101. The van der Waals surface area contributed by atoms with Crippen molar-refractivity contribution < 1.29 is 13.2 Å². The smallest absolute Gasteiger partial charge is 0.200 e. The highest BCUT2D eigenvalue weighted by atomic mass is 32.2. The summed E-state index contributed by atoms with van der Waals surface area (Å²) in [5.74, 6) is -0.0458. The van der Waals surface area contributed by atoms with Crippen molar-refractivity contribution in [3.63, 3.8) is 0 Å². The van der Waals surface area contributed by atoms with Gasteiger partial charge in [0.1, 0.15) is 0 Å². The summed E-state index contributed by atoms with van der Waals surface area (Å²) in [6, 6.07) is 15.2. The molecule has 21 heavy (non-hydrogen) atoms. The molecule has 0 aliphatic carbocycles. The van der Waals surface area contributed by atoms with Crippen LogP contribution in [0, 0.1) is 0 Å². The Hall–Kier alpha value is -2.20. The highest BCUT2D eigenvalue weighted by Crippen LogP contribution is 2.20. The first kappa shape index (κ1) is 15.2. The molecule has 0 aliphatic rings. The first-order valence-corrected chi connectivity index (χ1v) is 8.04. The van der Waals surface area contributed by atoms with E-state index in [1.807, 2.05) is 0 Å². The molecule has 2 rings (SSSR count). The van der Waals surface area contributed by atoms with Crippen molar-refractivity contribution in [2.24, 2.45) is 0 Å². The Morgan fingerprint density at radius 1 is 0.905 bits per heavy atom. The van der Waals surface area contributed by atoms with Crippen molar-refractivity contribution in [3.8, 4) is 0 Å². The highest BCUT2D eigenvalue weighted by Gasteiger charge is 2.12. The van der Waals surface area contributed by atoms with Gasteiger partial charge < -0.3 is 0 Å². The summed E-state index contributed by atoms with van der Waals surface area (Å²) in [6.45, 7) is 3.21. The molecule has 3 nitrogen and oxygen atoms in total. The fourth-order valence-corrected chi connectivity index (χ4v) is 3.24. The molecule has 4 heteroatoms. The van der Waals surface area contributed by atoms with Gasteiger partial charge in [0.25, 0.3) is 0 Å². The predicted molar refractivity (Wildman–Crippen MR) is 83.7 cm³/mol. The summed E-state index contributed by atoms with van der Waals surface area (Å²) in [7, 11) is -3.49. The van der Waals surface area contributed by atoms with Gasteiger partial charge in [-0.3, -0.25) is 4.79 Å². The Kier molecular flexibility index (Phi) is 4.38. The summed E-state index contributed by atoms with van der Waals surface area (Å²) >= 11 is 0. The quantitative estimate of drug-likeness (QED) is 0.809. The number of rotatable bonds is 4. The topological polar surface area (TPSA) is 51.2 Å². The van der Waals surface area contributed by atoms with Gasteiger partial charge in [-0.1, -0.05) is 36.4 Å². The van der Waals surface area contributed by atoms with Crippen LogP contribution in [0.25, 0.3) is 5.57 Å². The van der Waals surface area contributed by atoms with Crippen LogP contribution >= 0.6 is 0 Å². The van der Waals surface area contributed by atoms with Gasteiger partial charge in [0.05, 0.1) is 4.90 Å². The van der Waals surface area contributed by atoms with E-state index < -0.39 is 9.84 Å². The van der Waals surface area contributed by atoms with Crippen LogP contribution in [-0.4, -0.2) is 14.2 Å². The summed E-state index contributed by atoms with van der Waals surface area (Å²) in [6.07, 6.45) is 0. The highest BCUT2D eigenvalue weighted by molar-refractivity contribution is 7.94. The van der Waals surface area contributed by atoms with E-state index in [1.165, 1.54) is 12.3 Å². The molecule has 2 aromatic rings. The third-order valence-electron chi connectivity index (χ3n) is 3.13. The number of carbonyl (C=O) groups excluding carboxylic acids is 1. The van der Waals surface area contributed by atoms with E-state index in [2.05, 4.69) is 0 Å². The van der Waals surface area contributed by atoms with E-state index in [0.29, 0.717) is 11.1 Å². The van der Waals surface area contributed by atoms with E-state index in [9.17, 15) is 13.2 Å². The van der Waals surface area contributed by atoms with E-state index >= 15 is 0 Å². The minimum atomic E-state index is -3.49. The lowest BCUT2D eigenvalue weighted by Gasteiger charge is -2.05. The Morgan fingerprint density at radius 2 is 1.52 bits per heavy atom. The normalized spacial score (nSPS) is 12.2. The minimum absolute atomic E-state index is 0.0458. The number of sulfone groups is 1. The van der Waals surface area contributed by atoms with Crippen LogP contribution in [0.2, 0.25) is 0 Å². The van der Waals surface area contributed by atoms with Gasteiger partial charge in [-0.25, -0.2) is 8.42 Å². The average Bonchev–Trinajstić information content (AvgIpc) is 2.48. The molecule has 0 radical (unpaired) electrons. The predicted octanol–water partition coefficient (Wildman–Crippen LogP) is 3.72. The van der Waals surface area contributed by atoms with E-state index in [0.717, 1.165) is 5.56 Å². The van der Waals surface area contributed by atoms with Gasteiger partial charge in [0.2, 0.25) is 0 Å². The van der Waals surface area contributed by atoms with Crippen molar-refractivity contribution in [2.45, 2.75) is 18.7 Å². The summed E-state index contributed by atoms with van der Waals surface area (Å²) in [5, 5.41) is 1.24. The van der Waals surface area contributed by atoms with Crippen molar-refractivity contribution in [3.05, 3.63) is 71.1 Å². The molecule has 0 atom stereocenters. The second kappa shape index (κ2) is 6.06. The monoisotopic (exact) mass is 300 g/mol. The van der Waals surface area contributed by atoms with Gasteiger partial charge >= 0.3 is 0 Å². The number of allylic oxidation sites excluding steroid dienone is 1. The lowest BCUT2D eigenvalue weighted by Crippen LogP contribution is -1.98. The van der Waals surface area contributed by atoms with Crippen molar-refractivity contribution >= 4 is 21.2 Å².